The second-order valence-electron chi connectivity index (χ2n) is 4.84. The van der Waals surface area contributed by atoms with E-state index in [0.717, 1.165) is 17.9 Å². The highest BCUT2D eigenvalue weighted by Crippen LogP contribution is 2.13. The van der Waals surface area contributed by atoms with Crippen LogP contribution in [0.5, 0.6) is 11.5 Å². The lowest BCUT2D eigenvalue weighted by Crippen LogP contribution is -2.17. The Balaban J connectivity index is 1.71. The molecule has 0 aromatic heterocycles. The van der Waals surface area contributed by atoms with Crippen molar-refractivity contribution in [2.75, 3.05) is 13.2 Å². The highest BCUT2D eigenvalue weighted by atomic mass is 16.5. The van der Waals surface area contributed by atoms with E-state index in [4.69, 9.17) is 15.2 Å². The van der Waals surface area contributed by atoms with Crippen LogP contribution in [0.1, 0.15) is 12.5 Å². The first-order valence-corrected chi connectivity index (χ1v) is 6.89. The van der Waals surface area contributed by atoms with Crippen molar-refractivity contribution in [3.63, 3.8) is 0 Å². The van der Waals surface area contributed by atoms with Gasteiger partial charge in [-0.15, -0.1) is 0 Å². The molecule has 2 N–H and O–H groups in total. The van der Waals surface area contributed by atoms with Gasteiger partial charge in [-0.1, -0.05) is 30.3 Å². The molecule has 0 spiro atoms. The van der Waals surface area contributed by atoms with E-state index >= 15 is 0 Å². The summed E-state index contributed by atoms with van der Waals surface area (Å²) >= 11 is 0. The van der Waals surface area contributed by atoms with Crippen LogP contribution in [0, 0.1) is 0 Å². The molecule has 106 valence electrons. The van der Waals surface area contributed by atoms with Crippen LogP contribution in [0.4, 0.5) is 0 Å². The van der Waals surface area contributed by atoms with Crippen LogP contribution >= 0.6 is 0 Å². The van der Waals surface area contributed by atoms with E-state index in [9.17, 15) is 0 Å². The zero-order valence-corrected chi connectivity index (χ0v) is 11.8. The number of ether oxygens (including phenoxy) is 2. The molecular weight excluding hydrogens is 250 g/mol. The van der Waals surface area contributed by atoms with E-state index in [1.807, 2.05) is 49.4 Å². The Hall–Kier alpha value is -2.00. The Morgan fingerprint density at radius 3 is 1.95 bits per heavy atom. The quantitative estimate of drug-likeness (QED) is 0.787. The summed E-state index contributed by atoms with van der Waals surface area (Å²) in [7, 11) is 0. The summed E-state index contributed by atoms with van der Waals surface area (Å²) in [6.45, 7) is 3.07. The fraction of sp³-hybridized carbons (Fsp3) is 0.294. The van der Waals surface area contributed by atoms with Crippen molar-refractivity contribution in [2.45, 2.75) is 19.4 Å². The molecule has 2 rings (SSSR count). The van der Waals surface area contributed by atoms with Crippen LogP contribution in [-0.2, 0) is 6.42 Å². The summed E-state index contributed by atoms with van der Waals surface area (Å²) in [6.07, 6.45) is 0.886. The summed E-state index contributed by atoms with van der Waals surface area (Å²) in [5.74, 6) is 1.72. The lowest BCUT2D eigenvalue weighted by Gasteiger charge is -2.09. The molecule has 3 heteroatoms. The van der Waals surface area contributed by atoms with E-state index in [1.54, 1.807) is 0 Å². The van der Waals surface area contributed by atoms with E-state index < -0.39 is 0 Å². The predicted octanol–water partition coefficient (Wildman–Crippen LogP) is 3.03. The fourth-order valence-electron chi connectivity index (χ4n) is 1.93. The van der Waals surface area contributed by atoms with E-state index in [0.29, 0.717) is 13.2 Å². The average molecular weight is 271 g/mol. The van der Waals surface area contributed by atoms with Gasteiger partial charge in [0, 0.05) is 6.04 Å². The minimum atomic E-state index is 0.182. The molecule has 0 radical (unpaired) electrons. The van der Waals surface area contributed by atoms with Gasteiger partial charge in [0.15, 0.2) is 0 Å². The molecule has 2 aromatic carbocycles. The van der Waals surface area contributed by atoms with Crippen molar-refractivity contribution in [1.82, 2.24) is 0 Å². The third kappa shape index (κ3) is 4.94. The molecule has 1 unspecified atom stereocenters. The Bertz CT molecular complexity index is 494. The van der Waals surface area contributed by atoms with Gasteiger partial charge in [-0.3, -0.25) is 0 Å². The lowest BCUT2D eigenvalue weighted by molar-refractivity contribution is 0.217. The third-order valence-corrected chi connectivity index (χ3v) is 2.85. The van der Waals surface area contributed by atoms with Gasteiger partial charge in [-0.25, -0.2) is 0 Å². The summed E-state index contributed by atoms with van der Waals surface area (Å²) in [5, 5.41) is 0. The number of nitrogens with two attached hydrogens (primary N) is 1. The molecule has 0 aliphatic carbocycles. The van der Waals surface area contributed by atoms with Gasteiger partial charge in [-0.05, 0) is 43.2 Å². The van der Waals surface area contributed by atoms with Crippen molar-refractivity contribution in [3.8, 4) is 11.5 Å². The molecule has 0 aliphatic heterocycles. The smallest absolute Gasteiger partial charge is 0.122 e. The minimum Gasteiger partial charge on any atom is -0.490 e. The van der Waals surface area contributed by atoms with Gasteiger partial charge < -0.3 is 15.2 Å². The van der Waals surface area contributed by atoms with Gasteiger partial charge in [0.25, 0.3) is 0 Å². The molecule has 0 aliphatic rings. The maximum atomic E-state index is 5.77. The number of para-hydroxylation sites is 1. The zero-order chi connectivity index (χ0) is 14.2. The predicted molar refractivity (Wildman–Crippen MR) is 81.2 cm³/mol. The van der Waals surface area contributed by atoms with E-state index in [1.165, 1.54) is 5.56 Å². The molecule has 0 saturated heterocycles. The monoisotopic (exact) mass is 271 g/mol. The number of benzene rings is 2. The topological polar surface area (TPSA) is 44.5 Å². The standard InChI is InChI=1S/C17H21NO2/c1-14(18)13-15-7-9-17(10-8-15)20-12-11-19-16-5-3-2-4-6-16/h2-10,14H,11-13,18H2,1H3. The SMILES string of the molecule is CC(N)Cc1ccc(OCCOc2ccccc2)cc1. The van der Waals surface area contributed by atoms with Crippen LogP contribution in [0.15, 0.2) is 54.6 Å². The van der Waals surface area contributed by atoms with Gasteiger partial charge in [-0.2, -0.15) is 0 Å². The van der Waals surface area contributed by atoms with Crippen molar-refractivity contribution in [2.24, 2.45) is 5.73 Å². The molecule has 0 amide bonds. The normalized spacial score (nSPS) is 11.9. The van der Waals surface area contributed by atoms with Crippen LogP contribution in [0.2, 0.25) is 0 Å². The molecule has 20 heavy (non-hydrogen) atoms. The maximum Gasteiger partial charge on any atom is 0.122 e. The molecule has 0 fully saturated rings. The van der Waals surface area contributed by atoms with Crippen molar-refractivity contribution < 1.29 is 9.47 Å². The summed E-state index contributed by atoms with van der Waals surface area (Å²) < 4.78 is 11.2. The molecular formula is C17H21NO2. The second kappa shape index (κ2) is 7.56. The van der Waals surface area contributed by atoms with Gasteiger partial charge in [0.1, 0.15) is 24.7 Å². The Kier molecular flexibility index (Phi) is 5.44. The molecule has 3 nitrogen and oxygen atoms in total. The van der Waals surface area contributed by atoms with E-state index in [-0.39, 0.29) is 6.04 Å². The largest absolute Gasteiger partial charge is 0.490 e. The highest BCUT2D eigenvalue weighted by molar-refractivity contribution is 5.27. The maximum absolute atomic E-state index is 5.77. The summed E-state index contributed by atoms with van der Waals surface area (Å²) in [6, 6.07) is 18.0. The van der Waals surface area contributed by atoms with Crippen LogP contribution < -0.4 is 15.2 Å². The van der Waals surface area contributed by atoms with Gasteiger partial charge >= 0.3 is 0 Å². The second-order valence-corrected chi connectivity index (χ2v) is 4.84. The molecule has 0 saturated carbocycles. The summed E-state index contributed by atoms with van der Waals surface area (Å²) in [5.41, 5.74) is 7.00. The third-order valence-electron chi connectivity index (χ3n) is 2.85. The Morgan fingerprint density at radius 2 is 1.40 bits per heavy atom. The van der Waals surface area contributed by atoms with Crippen LogP contribution in [-0.4, -0.2) is 19.3 Å². The van der Waals surface area contributed by atoms with Gasteiger partial charge in [0.05, 0.1) is 0 Å². The highest BCUT2D eigenvalue weighted by Gasteiger charge is 1.99. The fourth-order valence-corrected chi connectivity index (χ4v) is 1.93. The van der Waals surface area contributed by atoms with Crippen molar-refractivity contribution in [3.05, 3.63) is 60.2 Å². The number of hydrogen-bond acceptors (Lipinski definition) is 3. The lowest BCUT2D eigenvalue weighted by atomic mass is 10.1. The number of rotatable bonds is 7. The summed E-state index contributed by atoms with van der Waals surface area (Å²) in [4.78, 5) is 0. The molecule has 2 aromatic rings. The molecule has 0 bridgehead atoms. The first kappa shape index (κ1) is 14.4. The molecule has 1 atom stereocenters. The first-order chi connectivity index (χ1) is 9.74. The van der Waals surface area contributed by atoms with Gasteiger partial charge in [0.2, 0.25) is 0 Å². The minimum absolute atomic E-state index is 0.182. The average Bonchev–Trinajstić information content (AvgIpc) is 2.46. The zero-order valence-electron chi connectivity index (χ0n) is 11.8. The van der Waals surface area contributed by atoms with Crippen molar-refractivity contribution in [1.29, 1.82) is 0 Å². The molecule has 0 heterocycles. The number of hydrogen-bond donors (Lipinski definition) is 1. The van der Waals surface area contributed by atoms with Crippen molar-refractivity contribution >= 4 is 0 Å². The van der Waals surface area contributed by atoms with Crippen LogP contribution in [0.25, 0.3) is 0 Å². The Morgan fingerprint density at radius 1 is 0.850 bits per heavy atom. The Labute approximate surface area is 120 Å². The van der Waals surface area contributed by atoms with Crippen LogP contribution in [0.3, 0.4) is 0 Å². The first-order valence-electron chi connectivity index (χ1n) is 6.89. The van der Waals surface area contributed by atoms with E-state index in [2.05, 4.69) is 12.1 Å².